The second-order valence-electron chi connectivity index (χ2n) is 4.42. The second kappa shape index (κ2) is 7.61. The zero-order valence-corrected chi connectivity index (χ0v) is 11.3. The van der Waals surface area contributed by atoms with Crippen molar-refractivity contribution in [1.82, 2.24) is 4.90 Å². The molecule has 17 heavy (non-hydrogen) atoms. The highest BCUT2D eigenvalue weighted by atomic mass is 32.1. The van der Waals surface area contributed by atoms with Gasteiger partial charge in [-0.3, -0.25) is 4.79 Å². The van der Waals surface area contributed by atoms with Crippen molar-refractivity contribution in [2.24, 2.45) is 11.7 Å². The molecule has 1 aliphatic rings. The minimum atomic E-state index is 0.183. The molecular weight excluding hydrogens is 236 g/mol. The number of likely N-dealkylation sites (tertiary alicyclic amines) is 1. The van der Waals surface area contributed by atoms with Gasteiger partial charge in [0, 0.05) is 25.6 Å². The predicted octanol–water partition coefficient (Wildman–Crippen LogP) is 1.33. The number of hydrogen-bond acceptors (Lipinski definition) is 3. The summed E-state index contributed by atoms with van der Waals surface area (Å²) in [5.74, 6) is 0.493. The average Bonchev–Trinajstić information content (AvgIpc) is 2.34. The fourth-order valence-corrected chi connectivity index (χ4v) is 2.21. The van der Waals surface area contributed by atoms with E-state index in [9.17, 15) is 4.79 Å². The molecule has 1 aliphatic heterocycles. The topological polar surface area (TPSA) is 55.6 Å². The lowest BCUT2D eigenvalue weighted by Crippen LogP contribution is -2.41. The molecule has 98 valence electrons. The number of ether oxygens (including phenoxy) is 1. The number of rotatable bonds is 6. The van der Waals surface area contributed by atoms with E-state index in [1.165, 1.54) is 0 Å². The summed E-state index contributed by atoms with van der Waals surface area (Å²) in [6, 6.07) is 0. The summed E-state index contributed by atoms with van der Waals surface area (Å²) in [4.78, 5) is 14.3. The van der Waals surface area contributed by atoms with E-state index < -0.39 is 0 Å². The Morgan fingerprint density at radius 3 is 2.59 bits per heavy atom. The molecule has 0 saturated carbocycles. The number of piperidine rings is 1. The summed E-state index contributed by atoms with van der Waals surface area (Å²) in [5, 5.41) is 0. The Labute approximate surface area is 108 Å². The smallest absolute Gasteiger partial charge is 0.224 e. The highest BCUT2D eigenvalue weighted by molar-refractivity contribution is 7.80. The SMILES string of the molecule is CCCOCCC(=O)N1CCC(C(N)=S)CC1. The van der Waals surface area contributed by atoms with Gasteiger partial charge >= 0.3 is 0 Å². The highest BCUT2D eigenvalue weighted by Crippen LogP contribution is 2.17. The van der Waals surface area contributed by atoms with Crippen LogP contribution >= 0.6 is 12.2 Å². The summed E-state index contributed by atoms with van der Waals surface area (Å²) >= 11 is 4.97. The number of amides is 1. The van der Waals surface area contributed by atoms with Gasteiger partial charge in [-0.2, -0.15) is 0 Å². The molecule has 1 fully saturated rings. The molecule has 0 aromatic heterocycles. The van der Waals surface area contributed by atoms with Crippen molar-refractivity contribution in [3.05, 3.63) is 0 Å². The molecular formula is C12H22N2O2S. The molecule has 0 bridgehead atoms. The third kappa shape index (κ3) is 5.00. The monoisotopic (exact) mass is 258 g/mol. The first-order chi connectivity index (χ1) is 8.15. The first kappa shape index (κ1) is 14.4. The van der Waals surface area contributed by atoms with Crippen molar-refractivity contribution in [2.75, 3.05) is 26.3 Å². The highest BCUT2D eigenvalue weighted by Gasteiger charge is 2.23. The molecule has 0 aliphatic carbocycles. The van der Waals surface area contributed by atoms with Gasteiger partial charge in [0.25, 0.3) is 0 Å². The van der Waals surface area contributed by atoms with Crippen LogP contribution in [0.15, 0.2) is 0 Å². The van der Waals surface area contributed by atoms with Crippen molar-refractivity contribution < 1.29 is 9.53 Å². The fraction of sp³-hybridized carbons (Fsp3) is 0.833. The van der Waals surface area contributed by atoms with Crippen molar-refractivity contribution in [3.63, 3.8) is 0 Å². The van der Waals surface area contributed by atoms with Gasteiger partial charge in [-0.1, -0.05) is 19.1 Å². The number of nitrogens with zero attached hydrogens (tertiary/aromatic N) is 1. The van der Waals surface area contributed by atoms with Crippen LogP contribution in [0.2, 0.25) is 0 Å². The molecule has 0 aromatic carbocycles. The third-order valence-electron chi connectivity index (χ3n) is 3.06. The number of carbonyl (C=O) groups excluding carboxylic acids is 1. The first-order valence-electron chi connectivity index (χ1n) is 6.30. The van der Waals surface area contributed by atoms with Crippen LogP contribution in [0.4, 0.5) is 0 Å². The lowest BCUT2D eigenvalue weighted by atomic mass is 9.97. The molecule has 0 atom stereocenters. The molecule has 2 N–H and O–H groups in total. The number of thiocarbonyl (C=S) groups is 1. The van der Waals surface area contributed by atoms with Gasteiger partial charge in [0.05, 0.1) is 18.0 Å². The van der Waals surface area contributed by atoms with Gasteiger partial charge in [0.2, 0.25) is 5.91 Å². The molecule has 1 heterocycles. The van der Waals surface area contributed by atoms with Crippen LogP contribution < -0.4 is 5.73 Å². The van der Waals surface area contributed by atoms with Crippen molar-refractivity contribution in [3.8, 4) is 0 Å². The maximum absolute atomic E-state index is 11.8. The molecule has 1 saturated heterocycles. The van der Waals surface area contributed by atoms with Gasteiger partial charge in [-0.25, -0.2) is 0 Å². The van der Waals surface area contributed by atoms with Crippen molar-refractivity contribution >= 4 is 23.1 Å². The Balaban J connectivity index is 2.19. The third-order valence-corrected chi connectivity index (χ3v) is 3.39. The van der Waals surface area contributed by atoms with Gasteiger partial charge in [-0.15, -0.1) is 0 Å². The lowest BCUT2D eigenvalue weighted by molar-refractivity contribution is -0.133. The number of hydrogen-bond donors (Lipinski definition) is 1. The number of nitrogens with two attached hydrogens (primary N) is 1. The zero-order valence-electron chi connectivity index (χ0n) is 10.5. The summed E-state index contributed by atoms with van der Waals surface area (Å²) in [6.45, 7) is 4.87. The molecule has 0 spiro atoms. The van der Waals surface area contributed by atoms with Crippen LogP contribution in [-0.4, -0.2) is 42.1 Å². The molecule has 1 rings (SSSR count). The van der Waals surface area contributed by atoms with Crippen LogP contribution in [0.25, 0.3) is 0 Å². The van der Waals surface area contributed by atoms with E-state index in [4.69, 9.17) is 22.7 Å². The Kier molecular flexibility index (Phi) is 6.44. The van der Waals surface area contributed by atoms with Gasteiger partial charge in [0.1, 0.15) is 0 Å². The molecule has 0 unspecified atom stereocenters. The molecule has 5 heteroatoms. The Morgan fingerprint density at radius 1 is 1.41 bits per heavy atom. The van der Waals surface area contributed by atoms with E-state index in [1.807, 2.05) is 4.90 Å². The predicted molar refractivity (Wildman–Crippen MR) is 71.8 cm³/mol. The quantitative estimate of drug-likeness (QED) is 0.577. The van der Waals surface area contributed by atoms with Crippen LogP contribution in [-0.2, 0) is 9.53 Å². The summed E-state index contributed by atoms with van der Waals surface area (Å²) < 4.78 is 5.32. The molecule has 4 nitrogen and oxygen atoms in total. The molecule has 0 radical (unpaired) electrons. The summed E-state index contributed by atoms with van der Waals surface area (Å²) in [5.41, 5.74) is 5.61. The lowest BCUT2D eigenvalue weighted by Gasteiger charge is -2.31. The Hall–Kier alpha value is -0.680. The van der Waals surface area contributed by atoms with E-state index in [-0.39, 0.29) is 5.91 Å². The first-order valence-corrected chi connectivity index (χ1v) is 6.70. The molecule has 1 amide bonds. The summed E-state index contributed by atoms with van der Waals surface area (Å²) in [6.07, 6.45) is 3.28. The minimum Gasteiger partial charge on any atom is -0.393 e. The van der Waals surface area contributed by atoms with Crippen molar-refractivity contribution in [2.45, 2.75) is 32.6 Å². The standard InChI is InChI=1S/C12H22N2O2S/c1-2-8-16-9-5-11(15)14-6-3-10(4-7-14)12(13)17/h10H,2-9H2,1H3,(H2,13,17). The largest absolute Gasteiger partial charge is 0.393 e. The van der Waals surface area contributed by atoms with E-state index in [1.54, 1.807) is 0 Å². The van der Waals surface area contributed by atoms with Crippen LogP contribution in [0.5, 0.6) is 0 Å². The fourth-order valence-electron chi connectivity index (χ4n) is 1.98. The van der Waals surface area contributed by atoms with E-state index >= 15 is 0 Å². The maximum Gasteiger partial charge on any atom is 0.224 e. The van der Waals surface area contributed by atoms with E-state index in [0.717, 1.165) is 39.0 Å². The van der Waals surface area contributed by atoms with Gasteiger partial charge in [0.15, 0.2) is 0 Å². The van der Waals surface area contributed by atoms with Gasteiger partial charge in [-0.05, 0) is 19.3 Å². The minimum absolute atomic E-state index is 0.183. The summed E-state index contributed by atoms with van der Waals surface area (Å²) in [7, 11) is 0. The normalized spacial score (nSPS) is 17.1. The van der Waals surface area contributed by atoms with Gasteiger partial charge < -0.3 is 15.4 Å². The Morgan fingerprint density at radius 2 is 2.06 bits per heavy atom. The number of carbonyl (C=O) groups is 1. The molecule has 0 aromatic rings. The van der Waals surface area contributed by atoms with E-state index in [2.05, 4.69) is 6.92 Å². The zero-order chi connectivity index (χ0) is 12.7. The van der Waals surface area contributed by atoms with Crippen molar-refractivity contribution in [1.29, 1.82) is 0 Å². The van der Waals surface area contributed by atoms with E-state index in [0.29, 0.717) is 23.9 Å². The second-order valence-corrected chi connectivity index (χ2v) is 4.89. The Bertz CT molecular complexity index is 263. The van der Waals surface area contributed by atoms with Crippen LogP contribution in [0.1, 0.15) is 32.6 Å². The van der Waals surface area contributed by atoms with Crippen LogP contribution in [0, 0.1) is 5.92 Å². The average molecular weight is 258 g/mol. The maximum atomic E-state index is 11.8. The van der Waals surface area contributed by atoms with Crippen LogP contribution in [0.3, 0.4) is 0 Å².